The summed E-state index contributed by atoms with van der Waals surface area (Å²) in [5.41, 5.74) is 7.89. The van der Waals surface area contributed by atoms with Gasteiger partial charge in [-0.15, -0.1) is 0 Å². The van der Waals surface area contributed by atoms with Crippen molar-refractivity contribution in [2.24, 2.45) is 0 Å². The van der Waals surface area contributed by atoms with Crippen LogP contribution in [0.3, 0.4) is 0 Å². The molecule has 0 aliphatic rings. The van der Waals surface area contributed by atoms with Crippen LogP contribution in [0.5, 0.6) is 0 Å². The smallest absolute Gasteiger partial charge is 0.254 e. The number of aliphatic hydroxyl groups is 1. The number of benzene rings is 1. The monoisotopic (exact) mass is 236 g/mol. The molecule has 0 atom stereocenters. The van der Waals surface area contributed by atoms with Gasteiger partial charge in [-0.25, -0.2) is 0 Å². The summed E-state index contributed by atoms with van der Waals surface area (Å²) in [6.45, 7) is 5.13. The molecule has 0 aliphatic carbocycles. The highest BCUT2D eigenvalue weighted by Crippen LogP contribution is 2.14. The Balaban J connectivity index is 2.86. The summed E-state index contributed by atoms with van der Waals surface area (Å²) in [7, 11) is 0. The van der Waals surface area contributed by atoms with Crippen molar-refractivity contribution in [2.45, 2.75) is 20.3 Å². The van der Waals surface area contributed by atoms with E-state index in [1.807, 2.05) is 13.8 Å². The summed E-state index contributed by atoms with van der Waals surface area (Å²) in [6.07, 6.45) is 0.605. The van der Waals surface area contributed by atoms with E-state index < -0.39 is 0 Å². The predicted octanol–water partition coefficient (Wildman–Crippen LogP) is 1.42. The standard InChI is InChI=1S/C13H20N2O2/c1-3-15(7-4-8-16)13(17)12-6-5-11(14)9-10(12)2/h5-6,9,16H,3-4,7-8,14H2,1-2H3. The van der Waals surface area contributed by atoms with Crippen LogP contribution in [0.15, 0.2) is 18.2 Å². The van der Waals surface area contributed by atoms with E-state index in [0.29, 0.717) is 30.8 Å². The number of nitrogen functional groups attached to an aromatic ring is 1. The van der Waals surface area contributed by atoms with Crippen molar-refractivity contribution in [3.05, 3.63) is 29.3 Å². The molecule has 0 fully saturated rings. The zero-order chi connectivity index (χ0) is 12.8. The van der Waals surface area contributed by atoms with E-state index in [1.165, 1.54) is 0 Å². The Morgan fingerprint density at radius 3 is 2.71 bits per heavy atom. The molecule has 17 heavy (non-hydrogen) atoms. The first-order chi connectivity index (χ1) is 8.10. The van der Waals surface area contributed by atoms with E-state index in [4.69, 9.17) is 10.8 Å². The second-order valence-corrected chi connectivity index (χ2v) is 4.04. The molecule has 0 unspecified atom stereocenters. The number of nitrogens with zero attached hydrogens (tertiary/aromatic N) is 1. The molecule has 1 amide bonds. The average Bonchev–Trinajstić information content (AvgIpc) is 2.29. The van der Waals surface area contributed by atoms with Crippen molar-refractivity contribution in [1.29, 1.82) is 0 Å². The zero-order valence-corrected chi connectivity index (χ0v) is 10.4. The SMILES string of the molecule is CCN(CCCO)C(=O)c1ccc(N)cc1C. The zero-order valence-electron chi connectivity index (χ0n) is 10.4. The van der Waals surface area contributed by atoms with Gasteiger partial charge in [-0.2, -0.15) is 0 Å². The normalized spacial score (nSPS) is 10.3. The Hall–Kier alpha value is -1.55. The highest BCUT2D eigenvalue weighted by molar-refractivity contribution is 5.96. The van der Waals surface area contributed by atoms with Crippen LogP contribution in [0.25, 0.3) is 0 Å². The first-order valence-corrected chi connectivity index (χ1v) is 5.86. The van der Waals surface area contributed by atoms with Crippen LogP contribution < -0.4 is 5.73 Å². The maximum Gasteiger partial charge on any atom is 0.254 e. The molecule has 1 aromatic carbocycles. The fourth-order valence-corrected chi connectivity index (χ4v) is 1.76. The molecule has 0 heterocycles. The van der Waals surface area contributed by atoms with Gasteiger partial charge in [0.15, 0.2) is 0 Å². The Morgan fingerprint density at radius 2 is 2.18 bits per heavy atom. The second-order valence-electron chi connectivity index (χ2n) is 4.04. The van der Waals surface area contributed by atoms with E-state index in [-0.39, 0.29) is 12.5 Å². The first kappa shape index (κ1) is 13.5. The van der Waals surface area contributed by atoms with Crippen molar-refractivity contribution in [3.63, 3.8) is 0 Å². The number of nitrogens with two attached hydrogens (primary N) is 1. The van der Waals surface area contributed by atoms with Gasteiger partial charge in [-0.05, 0) is 44.0 Å². The number of carbonyl (C=O) groups is 1. The van der Waals surface area contributed by atoms with Crippen LogP contribution in [0.4, 0.5) is 5.69 Å². The number of hydrogen-bond donors (Lipinski definition) is 2. The summed E-state index contributed by atoms with van der Waals surface area (Å²) in [4.78, 5) is 13.9. The molecule has 1 aromatic rings. The highest BCUT2D eigenvalue weighted by Gasteiger charge is 2.15. The molecule has 0 bridgehead atoms. The van der Waals surface area contributed by atoms with Gasteiger partial charge in [0.1, 0.15) is 0 Å². The maximum atomic E-state index is 12.2. The molecule has 0 saturated carbocycles. The van der Waals surface area contributed by atoms with E-state index in [1.54, 1.807) is 23.1 Å². The highest BCUT2D eigenvalue weighted by atomic mass is 16.3. The van der Waals surface area contributed by atoms with Gasteiger partial charge < -0.3 is 15.7 Å². The van der Waals surface area contributed by atoms with Crippen LogP contribution in [0.1, 0.15) is 29.3 Å². The molecule has 3 N–H and O–H groups in total. The third kappa shape index (κ3) is 3.46. The lowest BCUT2D eigenvalue weighted by atomic mass is 10.1. The van der Waals surface area contributed by atoms with Crippen molar-refractivity contribution < 1.29 is 9.90 Å². The van der Waals surface area contributed by atoms with E-state index in [9.17, 15) is 4.79 Å². The lowest BCUT2D eigenvalue weighted by molar-refractivity contribution is 0.0753. The largest absolute Gasteiger partial charge is 0.399 e. The minimum Gasteiger partial charge on any atom is -0.399 e. The molecule has 94 valence electrons. The summed E-state index contributed by atoms with van der Waals surface area (Å²) < 4.78 is 0. The molecule has 4 nitrogen and oxygen atoms in total. The number of carbonyl (C=O) groups excluding carboxylic acids is 1. The van der Waals surface area contributed by atoms with Crippen LogP contribution in [-0.2, 0) is 0 Å². The average molecular weight is 236 g/mol. The quantitative estimate of drug-likeness (QED) is 0.760. The number of aliphatic hydroxyl groups excluding tert-OH is 1. The lowest BCUT2D eigenvalue weighted by Gasteiger charge is -2.21. The number of rotatable bonds is 5. The summed E-state index contributed by atoms with van der Waals surface area (Å²) in [5, 5.41) is 8.80. The van der Waals surface area contributed by atoms with Crippen molar-refractivity contribution in [3.8, 4) is 0 Å². The molecular weight excluding hydrogens is 216 g/mol. The van der Waals surface area contributed by atoms with Gasteiger partial charge in [-0.1, -0.05) is 0 Å². The van der Waals surface area contributed by atoms with Gasteiger partial charge in [-0.3, -0.25) is 4.79 Å². The van der Waals surface area contributed by atoms with Crippen molar-refractivity contribution >= 4 is 11.6 Å². The second kappa shape index (κ2) is 6.25. The molecule has 0 aromatic heterocycles. The Morgan fingerprint density at radius 1 is 1.47 bits per heavy atom. The Labute approximate surface area is 102 Å². The number of hydrogen-bond acceptors (Lipinski definition) is 3. The van der Waals surface area contributed by atoms with Crippen LogP contribution in [0.2, 0.25) is 0 Å². The van der Waals surface area contributed by atoms with Gasteiger partial charge in [0, 0.05) is 30.9 Å². The molecule has 0 spiro atoms. The van der Waals surface area contributed by atoms with Gasteiger partial charge >= 0.3 is 0 Å². The molecule has 0 saturated heterocycles. The fourth-order valence-electron chi connectivity index (χ4n) is 1.76. The van der Waals surface area contributed by atoms with Crippen molar-refractivity contribution in [2.75, 3.05) is 25.4 Å². The van der Waals surface area contributed by atoms with Gasteiger partial charge in [0.05, 0.1) is 0 Å². The van der Waals surface area contributed by atoms with Gasteiger partial charge in [0.25, 0.3) is 5.91 Å². The predicted molar refractivity (Wildman–Crippen MR) is 68.9 cm³/mol. The molecular formula is C13H20N2O2. The lowest BCUT2D eigenvalue weighted by Crippen LogP contribution is -2.32. The molecule has 4 heteroatoms. The third-order valence-corrected chi connectivity index (χ3v) is 2.74. The van der Waals surface area contributed by atoms with Gasteiger partial charge in [0.2, 0.25) is 0 Å². The maximum absolute atomic E-state index is 12.2. The van der Waals surface area contributed by atoms with Crippen molar-refractivity contribution in [1.82, 2.24) is 4.90 Å². The summed E-state index contributed by atoms with van der Waals surface area (Å²) in [5.74, 6) is -0.00144. The van der Waals surface area contributed by atoms with Crippen LogP contribution in [-0.4, -0.2) is 35.6 Å². The minimum atomic E-state index is -0.00144. The minimum absolute atomic E-state index is 0.00144. The Kier molecular flexibility index (Phi) is 4.97. The van der Waals surface area contributed by atoms with E-state index >= 15 is 0 Å². The number of anilines is 1. The number of aryl methyl sites for hydroxylation is 1. The fraction of sp³-hybridized carbons (Fsp3) is 0.462. The van der Waals surface area contributed by atoms with Crippen LogP contribution in [0, 0.1) is 6.92 Å². The number of amides is 1. The summed E-state index contributed by atoms with van der Waals surface area (Å²) >= 11 is 0. The first-order valence-electron chi connectivity index (χ1n) is 5.86. The topological polar surface area (TPSA) is 66.6 Å². The molecule has 0 radical (unpaired) electrons. The Bertz CT molecular complexity index is 391. The molecule has 1 rings (SSSR count). The van der Waals surface area contributed by atoms with E-state index in [0.717, 1.165) is 5.56 Å². The van der Waals surface area contributed by atoms with E-state index in [2.05, 4.69) is 0 Å². The third-order valence-electron chi connectivity index (χ3n) is 2.74. The summed E-state index contributed by atoms with van der Waals surface area (Å²) in [6, 6.07) is 5.29. The molecule has 0 aliphatic heterocycles. The van der Waals surface area contributed by atoms with Crippen LogP contribution >= 0.6 is 0 Å².